The Morgan fingerprint density at radius 1 is 1.06 bits per heavy atom. The summed E-state index contributed by atoms with van der Waals surface area (Å²) >= 11 is 0. The molecule has 0 aliphatic carbocycles. The molecule has 168 valence electrons. The lowest BCUT2D eigenvalue weighted by Crippen LogP contribution is -2.17. The number of pyridine rings is 2. The van der Waals surface area contributed by atoms with Gasteiger partial charge in [-0.25, -0.2) is 19.9 Å². The van der Waals surface area contributed by atoms with Crippen molar-refractivity contribution < 1.29 is 9.53 Å². The molecule has 5 rings (SSSR count). The summed E-state index contributed by atoms with van der Waals surface area (Å²) in [5, 5.41) is 7.97. The van der Waals surface area contributed by atoms with E-state index in [0.717, 1.165) is 27.6 Å². The Hall–Kier alpha value is -4.86. The summed E-state index contributed by atoms with van der Waals surface area (Å²) < 4.78 is 5.79. The minimum Gasteiger partial charge on any atom is -0.473 e. The molecule has 4 aromatic heterocycles. The first-order valence-corrected chi connectivity index (χ1v) is 10.4. The number of carbonyl (C=O) groups excluding carboxylic acids is 1. The molecule has 0 aliphatic rings. The van der Waals surface area contributed by atoms with Crippen molar-refractivity contribution in [2.45, 2.75) is 13.5 Å². The molecule has 5 aromatic rings. The molecule has 0 unspecified atom stereocenters. The fraction of sp³-hybridized carbons (Fsp3) is 0.0833. The first-order valence-electron chi connectivity index (χ1n) is 10.4. The van der Waals surface area contributed by atoms with E-state index in [0.29, 0.717) is 22.8 Å². The maximum Gasteiger partial charge on any atom is 0.269 e. The Balaban J connectivity index is 1.60. The molecular weight excluding hydrogens is 432 g/mol. The third-order valence-corrected chi connectivity index (χ3v) is 5.38. The average molecular weight is 452 g/mol. The number of benzene rings is 1. The van der Waals surface area contributed by atoms with E-state index >= 15 is 0 Å². The highest BCUT2D eigenvalue weighted by molar-refractivity contribution is 6.05. The SMILES string of the molecule is Cc1ccc2[nH]ncc2c1-c1cc(-c2cccc(OCc3cncnc3)n2)nc(C(N)=O)c1N. The number of nitrogen functional groups attached to an aromatic ring is 1. The summed E-state index contributed by atoms with van der Waals surface area (Å²) in [6, 6.07) is 11.0. The number of hydrogen-bond donors (Lipinski definition) is 3. The lowest BCUT2D eigenvalue weighted by atomic mass is 9.94. The molecule has 5 N–H and O–H groups in total. The predicted octanol–water partition coefficient (Wildman–Crippen LogP) is 3.05. The lowest BCUT2D eigenvalue weighted by Gasteiger charge is -2.15. The van der Waals surface area contributed by atoms with Gasteiger partial charge in [0.25, 0.3) is 5.91 Å². The zero-order valence-corrected chi connectivity index (χ0v) is 18.2. The number of nitrogens with zero attached hydrogens (tertiary/aromatic N) is 5. The van der Waals surface area contributed by atoms with Gasteiger partial charge in [-0.15, -0.1) is 0 Å². The first kappa shape index (κ1) is 21.0. The number of fused-ring (bicyclic) bond motifs is 1. The van der Waals surface area contributed by atoms with Crippen LogP contribution in [0.3, 0.4) is 0 Å². The summed E-state index contributed by atoms with van der Waals surface area (Å²) in [6.45, 7) is 2.22. The van der Waals surface area contributed by atoms with Crippen LogP contribution >= 0.6 is 0 Å². The van der Waals surface area contributed by atoms with E-state index in [2.05, 4.69) is 30.1 Å². The minimum absolute atomic E-state index is 0.0260. The van der Waals surface area contributed by atoms with Crippen LogP contribution in [0.1, 0.15) is 21.6 Å². The second kappa shape index (κ2) is 8.58. The van der Waals surface area contributed by atoms with E-state index in [1.54, 1.807) is 42.9 Å². The lowest BCUT2D eigenvalue weighted by molar-refractivity contribution is 0.0996. The number of nitrogens with one attached hydrogen (secondary N) is 1. The van der Waals surface area contributed by atoms with Gasteiger partial charge in [0, 0.05) is 35.0 Å². The summed E-state index contributed by atoms with van der Waals surface area (Å²) in [6.07, 6.45) is 6.52. The molecule has 10 heteroatoms. The van der Waals surface area contributed by atoms with E-state index in [1.165, 1.54) is 6.33 Å². The number of primary amides is 1. The molecule has 0 saturated heterocycles. The van der Waals surface area contributed by atoms with Gasteiger partial charge >= 0.3 is 0 Å². The van der Waals surface area contributed by atoms with E-state index in [9.17, 15) is 4.79 Å². The van der Waals surface area contributed by atoms with E-state index < -0.39 is 5.91 Å². The Morgan fingerprint density at radius 2 is 1.88 bits per heavy atom. The first-order chi connectivity index (χ1) is 16.5. The van der Waals surface area contributed by atoms with Gasteiger partial charge in [0.1, 0.15) is 12.9 Å². The quantitative estimate of drug-likeness (QED) is 0.354. The van der Waals surface area contributed by atoms with Crippen LogP contribution in [-0.4, -0.2) is 36.0 Å². The van der Waals surface area contributed by atoms with Gasteiger partial charge in [0.05, 0.1) is 28.8 Å². The Kier molecular flexibility index (Phi) is 5.30. The number of aryl methyl sites for hydroxylation is 1. The number of carbonyl (C=O) groups is 1. The highest BCUT2D eigenvalue weighted by Gasteiger charge is 2.20. The summed E-state index contributed by atoms with van der Waals surface area (Å²) in [7, 11) is 0. The number of rotatable bonds is 6. The molecule has 1 amide bonds. The van der Waals surface area contributed by atoms with Crippen LogP contribution in [0.25, 0.3) is 33.4 Å². The maximum atomic E-state index is 12.2. The van der Waals surface area contributed by atoms with Crippen LogP contribution in [0.5, 0.6) is 5.88 Å². The monoisotopic (exact) mass is 452 g/mol. The summed E-state index contributed by atoms with van der Waals surface area (Å²) in [5.41, 5.74) is 17.2. The van der Waals surface area contributed by atoms with E-state index in [4.69, 9.17) is 16.2 Å². The van der Waals surface area contributed by atoms with Crippen LogP contribution in [0.15, 0.2) is 61.3 Å². The number of aromatic nitrogens is 6. The third kappa shape index (κ3) is 3.88. The van der Waals surface area contributed by atoms with E-state index in [1.807, 2.05) is 19.1 Å². The Labute approximate surface area is 194 Å². The molecule has 34 heavy (non-hydrogen) atoms. The fourth-order valence-electron chi connectivity index (χ4n) is 3.76. The molecule has 0 aliphatic heterocycles. The topological polar surface area (TPSA) is 159 Å². The third-order valence-electron chi connectivity index (χ3n) is 5.38. The Bertz CT molecular complexity index is 1510. The van der Waals surface area contributed by atoms with Crippen molar-refractivity contribution in [2.24, 2.45) is 5.73 Å². The number of H-pyrrole nitrogens is 1. The second-order valence-corrected chi connectivity index (χ2v) is 7.67. The summed E-state index contributed by atoms with van der Waals surface area (Å²) in [5.74, 6) is -0.343. The van der Waals surface area contributed by atoms with Gasteiger partial charge in [-0.05, 0) is 36.2 Å². The van der Waals surface area contributed by atoms with Crippen molar-refractivity contribution >= 4 is 22.5 Å². The van der Waals surface area contributed by atoms with Crippen LogP contribution in [0.2, 0.25) is 0 Å². The highest BCUT2D eigenvalue weighted by Crippen LogP contribution is 2.37. The van der Waals surface area contributed by atoms with Gasteiger partial charge in [-0.2, -0.15) is 5.10 Å². The standard InChI is InChI=1S/C24H20N8O2/c1-13-5-6-17-16(10-29-32-17)21(13)15-7-19(31-23(22(15)25)24(26)33)18-3-2-4-20(30-18)34-11-14-8-27-12-28-9-14/h2-10,12H,11,25H2,1H3,(H2,26,33)(H,29,32). The van der Waals surface area contributed by atoms with Gasteiger partial charge < -0.3 is 16.2 Å². The molecule has 4 heterocycles. The van der Waals surface area contributed by atoms with Gasteiger partial charge in [-0.3, -0.25) is 9.89 Å². The highest BCUT2D eigenvalue weighted by atomic mass is 16.5. The zero-order valence-electron chi connectivity index (χ0n) is 18.2. The van der Waals surface area contributed by atoms with Crippen LogP contribution in [0, 0.1) is 6.92 Å². The number of anilines is 1. The molecule has 0 fully saturated rings. The second-order valence-electron chi connectivity index (χ2n) is 7.67. The average Bonchev–Trinajstić information content (AvgIpc) is 3.33. The molecule has 0 saturated carbocycles. The molecule has 0 atom stereocenters. The molecule has 0 spiro atoms. The van der Waals surface area contributed by atoms with Gasteiger partial charge in [0.2, 0.25) is 5.88 Å². The molecule has 10 nitrogen and oxygen atoms in total. The van der Waals surface area contributed by atoms with Gasteiger partial charge in [0.15, 0.2) is 5.69 Å². The van der Waals surface area contributed by atoms with Crippen molar-refractivity contribution in [1.29, 1.82) is 0 Å². The zero-order chi connectivity index (χ0) is 23.7. The fourth-order valence-corrected chi connectivity index (χ4v) is 3.76. The van der Waals surface area contributed by atoms with E-state index in [-0.39, 0.29) is 18.0 Å². The van der Waals surface area contributed by atoms with Crippen molar-refractivity contribution in [1.82, 2.24) is 30.1 Å². The van der Waals surface area contributed by atoms with Crippen molar-refractivity contribution in [3.63, 3.8) is 0 Å². The molecule has 0 bridgehead atoms. The number of hydrogen-bond acceptors (Lipinski definition) is 8. The van der Waals surface area contributed by atoms with Crippen molar-refractivity contribution in [3.05, 3.63) is 78.1 Å². The summed E-state index contributed by atoms with van der Waals surface area (Å²) in [4.78, 5) is 29.2. The minimum atomic E-state index is -0.728. The number of aromatic amines is 1. The largest absolute Gasteiger partial charge is 0.473 e. The maximum absolute atomic E-state index is 12.2. The number of amides is 1. The predicted molar refractivity (Wildman–Crippen MR) is 127 cm³/mol. The Morgan fingerprint density at radius 3 is 2.68 bits per heavy atom. The number of nitrogens with two attached hydrogens (primary N) is 2. The molecule has 0 radical (unpaired) electrons. The molecular formula is C24H20N8O2. The van der Waals surface area contributed by atoms with Crippen LogP contribution < -0.4 is 16.2 Å². The van der Waals surface area contributed by atoms with Crippen molar-refractivity contribution in [2.75, 3.05) is 5.73 Å². The normalized spacial score (nSPS) is 11.0. The van der Waals surface area contributed by atoms with Crippen molar-refractivity contribution in [3.8, 4) is 28.4 Å². The molecule has 1 aromatic carbocycles. The van der Waals surface area contributed by atoms with Crippen LogP contribution in [0.4, 0.5) is 5.69 Å². The number of ether oxygens (including phenoxy) is 1. The van der Waals surface area contributed by atoms with Gasteiger partial charge in [-0.1, -0.05) is 12.1 Å². The smallest absolute Gasteiger partial charge is 0.269 e. The van der Waals surface area contributed by atoms with Crippen LogP contribution in [-0.2, 0) is 6.61 Å².